The maximum atomic E-state index is 11.8. The van der Waals surface area contributed by atoms with Crippen LogP contribution in [0.4, 0.5) is 0 Å². The molecule has 0 spiro atoms. The Morgan fingerprint density at radius 3 is 2.42 bits per heavy atom. The second kappa shape index (κ2) is 8.81. The standard InChI is InChI=1S/C18H18Cl2O4/c1-3-22-17-9-12(18(21)23-4-2)6-8-16(17)24-11-13-5-7-14(19)10-15(13)20/h5-10H,3-4,11H2,1-2H3. The molecule has 0 atom stereocenters. The molecular weight excluding hydrogens is 351 g/mol. The zero-order valence-corrected chi connectivity index (χ0v) is 15.0. The highest BCUT2D eigenvalue weighted by atomic mass is 35.5. The Kier molecular flexibility index (Phi) is 6.76. The molecule has 24 heavy (non-hydrogen) atoms. The lowest BCUT2D eigenvalue weighted by atomic mass is 10.2. The van der Waals surface area contributed by atoms with Gasteiger partial charge in [-0.25, -0.2) is 4.79 Å². The average molecular weight is 369 g/mol. The summed E-state index contributed by atoms with van der Waals surface area (Å²) >= 11 is 12.0. The van der Waals surface area contributed by atoms with Gasteiger partial charge in [0.25, 0.3) is 0 Å². The van der Waals surface area contributed by atoms with Gasteiger partial charge in [-0.15, -0.1) is 0 Å². The molecule has 0 unspecified atom stereocenters. The highest BCUT2D eigenvalue weighted by Crippen LogP contribution is 2.30. The van der Waals surface area contributed by atoms with E-state index in [1.54, 1.807) is 43.3 Å². The van der Waals surface area contributed by atoms with Crippen molar-refractivity contribution in [3.05, 3.63) is 57.6 Å². The number of ether oxygens (including phenoxy) is 3. The summed E-state index contributed by atoms with van der Waals surface area (Å²) in [4.78, 5) is 11.8. The van der Waals surface area contributed by atoms with Crippen LogP contribution in [0.2, 0.25) is 10.0 Å². The molecule has 4 nitrogen and oxygen atoms in total. The molecule has 0 amide bonds. The summed E-state index contributed by atoms with van der Waals surface area (Å²) in [6.07, 6.45) is 0. The smallest absolute Gasteiger partial charge is 0.338 e. The molecule has 0 fully saturated rings. The fourth-order valence-electron chi connectivity index (χ4n) is 2.03. The Balaban J connectivity index is 2.17. The second-order valence-corrected chi connectivity index (χ2v) is 5.68. The van der Waals surface area contributed by atoms with Crippen LogP contribution in [0.1, 0.15) is 29.8 Å². The first-order valence-corrected chi connectivity index (χ1v) is 8.31. The SMILES string of the molecule is CCOC(=O)c1ccc(OCc2ccc(Cl)cc2Cl)c(OCC)c1. The van der Waals surface area contributed by atoms with Crippen molar-refractivity contribution in [2.45, 2.75) is 20.5 Å². The molecule has 0 saturated heterocycles. The largest absolute Gasteiger partial charge is 0.490 e. The molecule has 128 valence electrons. The van der Waals surface area contributed by atoms with Gasteiger partial charge in [0.15, 0.2) is 11.5 Å². The van der Waals surface area contributed by atoms with Crippen LogP contribution in [0.5, 0.6) is 11.5 Å². The Morgan fingerprint density at radius 2 is 1.75 bits per heavy atom. The van der Waals surface area contributed by atoms with E-state index in [0.29, 0.717) is 40.3 Å². The van der Waals surface area contributed by atoms with Gasteiger partial charge in [0, 0.05) is 15.6 Å². The number of carbonyl (C=O) groups excluding carboxylic acids is 1. The summed E-state index contributed by atoms with van der Waals surface area (Å²) < 4.78 is 16.3. The molecule has 0 aromatic heterocycles. The van der Waals surface area contributed by atoms with Gasteiger partial charge in [-0.2, -0.15) is 0 Å². The quantitative estimate of drug-likeness (QED) is 0.634. The third-order valence-electron chi connectivity index (χ3n) is 3.15. The predicted molar refractivity (Wildman–Crippen MR) is 94.4 cm³/mol. The van der Waals surface area contributed by atoms with E-state index in [-0.39, 0.29) is 6.61 Å². The molecule has 2 aromatic carbocycles. The van der Waals surface area contributed by atoms with Gasteiger partial charge in [0.1, 0.15) is 6.61 Å². The molecule has 0 saturated carbocycles. The van der Waals surface area contributed by atoms with Crippen LogP contribution in [0.15, 0.2) is 36.4 Å². The first-order valence-electron chi connectivity index (χ1n) is 7.55. The van der Waals surface area contributed by atoms with Crippen LogP contribution >= 0.6 is 23.2 Å². The number of hydrogen-bond donors (Lipinski definition) is 0. The Labute approximate surface area is 151 Å². The Hall–Kier alpha value is -1.91. The van der Waals surface area contributed by atoms with Crippen molar-refractivity contribution < 1.29 is 19.0 Å². The van der Waals surface area contributed by atoms with Gasteiger partial charge in [0.2, 0.25) is 0 Å². The molecule has 0 heterocycles. The lowest BCUT2D eigenvalue weighted by Gasteiger charge is -2.14. The molecule has 0 radical (unpaired) electrons. The van der Waals surface area contributed by atoms with Crippen molar-refractivity contribution in [1.82, 2.24) is 0 Å². The van der Waals surface area contributed by atoms with Crippen molar-refractivity contribution in [3.63, 3.8) is 0 Å². The molecule has 0 aliphatic rings. The molecular formula is C18H18Cl2O4. The summed E-state index contributed by atoms with van der Waals surface area (Å²) in [7, 11) is 0. The first-order chi connectivity index (χ1) is 11.5. The van der Waals surface area contributed by atoms with Gasteiger partial charge in [-0.05, 0) is 44.2 Å². The number of hydrogen-bond acceptors (Lipinski definition) is 4. The fraction of sp³-hybridized carbons (Fsp3) is 0.278. The van der Waals surface area contributed by atoms with Gasteiger partial charge in [0.05, 0.1) is 18.8 Å². The lowest BCUT2D eigenvalue weighted by molar-refractivity contribution is 0.0525. The highest BCUT2D eigenvalue weighted by molar-refractivity contribution is 6.35. The minimum absolute atomic E-state index is 0.259. The normalized spacial score (nSPS) is 10.3. The number of carbonyl (C=O) groups is 1. The van der Waals surface area contributed by atoms with Gasteiger partial charge in [-0.1, -0.05) is 29.3 Å². The van der Waals surface area contributed by atoms with Crippen molar-refractivity contribution in [2.24, 2.45) is 0 Å². The maximum Gasteiger partial charge on any atom is 0.338 e. The molecule has 2 rings (SSSR count). The molecule has 0 bridgehead atoms. The van der Waals surface area contributed by atoms with Gasteiger partial charge >= 0.3 is 5.97 Å². The minimum Gasteiger partial charge on any atom is -0.490 e. The summed E-state index contributed by atoms with van der Waals surface area (Å²) in [6, 6.07) is 10.1. The van der Waals surface area contributed by atoms with E-state index < -0.39 is 5.97 Å². The monoisotopic (exact) mass is 368 g/mol. The van der Waals surface area contributed by atoms with E-state index in [0.717, 1.165) is 5.56 Å². The van der Waals surface area contributed by atoms with Crippen LogP contribution < -0.4 is 9.47 Å². The third-order valence-corrected chi connectivity index (χ3v) is 3.74. The Bertz CT molecular complexity index is 716. The average Bonchev–Trinajstić information content (AvgIpc) is 2.55. The maximum absolute atomic E-state index is 11.8. The topological polar surface area (TPSA) is 44.8 Å². The van der Waals surface area contributed by atoms with Crippen molar-refractivity contribution in [2.75, 3.05) is 13.2 Å². The van der Waals surface area contributed by atoms with Crippen LogP contribution in [0.3, 0.4) is 0 Å². The van der Waals surface area contributed by atoms with Crippen LogP contribution in [-0.2, 0) is 11.3 Å². The zero-order chi connectivity index (χ0) is 17.5. The molecule has 6 heteroatoms. The molecule has 0 aliphatic carbocycles. The number of esters is 1. The molecule has 0 N–H and O–H groups in total. The summed E-state index contributed by atoms with van der Waals surface area (Å²) in [6.45, 7) is 4.64. The van der Waals surface area contributed by atoms with Crippen molar-refractivity contribution >= 4 is 29.2 Å². The van der Waals surface area contributed by atoms with E-state index in [2.05, 4.69) is 0 Å². The molecule has 2 aromatic rings. The first kappa shape index (κ1) is 18.4. The third kappa shape index (κ3) is 4.79. The van der Waals surface area contributed by atoms with E-state index >= 15 is 0 Å². The van der Waals surface area contributed by atoms with Crippen molar-refractivity contribution in [3.8, 4) is 11.5 Å². The van der Waals surface area contributed by atoms with Crippen LogP contribution in [0.25, 0.3) is 0 Å². The van der Waals surface area contributed by atoms with E-state index in [1.165, 1.54) is 0 Å². The van der Waals surface area contributed by atoms with Crippen LogP contribution in [-0.4, -0.2) is 19.2 Å². The number of benzene rings is 2. The second-order valence-electron chi connectivity index (χ2n) is 4.84. The number of rotatable bonds is 7. The van der Waals surface area contributed by atoms with Crippen molar-refractivity contribution in [1.29, 1.82) is 0 Å². The van der Waals surface area contributed by atoms with E-state index in [4.69, 9.17) is 37.4 Å². The van der Waals surface area contributed by atoms with Gasteiger partial charge < -0.3 is 14.2 Å². The van der Waals surface area contributed by atoms with E-state index in [9.17, 15) is 4.79 Å². The lowest BCUT2D eigenvalue weighted by Crippen LogP contribution is -2.06. The Morgan fingerprint density at radius 1 is 0.958 bits per heavy atom. The van der Waals surface area contributed by atoms with Gasteiger partial charge in [-0.3, -0.25) is 0 Å². The van der Waals surface area contributed by atoms with E-state index in [1.807, 2.05) is 6.92 Å². The summed E-state index contributed by atoms with van der Waals surface area (Å²) in [5, 5.41) is 1.10. The fourth-order valence-corrected chi connectivity index (χ4v) is 2.49. The summed E-state index contributed by atoms with van der Waals surface area (Å²) in [5.74, 6) is 0.606. The highest BCUT2D eigenvalue weighted by Gasteiger charge is 2.13. The number of halogens is 2. The minimum atomic E-state index is -0.397. The molecule has 0 aliphatic heterocycles. The predicted octanol–water partition coefficient (Wildman–Crippen LogP) is 5.15. The summed E-state index contributed by atoms with van der Waals surface area (Å²) in [5.41, 5.74) is 1.22. The van der Waals surface area contributed by atoms with Crippen LogP contribution in [0, 0.1) is 0 Å². The zero-order valence-electron chi connectivity index (χ0n) is 13.5.